The van der Waals surface area contributed by atoms with Crippen LogP contribution in [0.4, 0.5) is 17.2 Å². The van der Waals surface area contributed by atoms with Gasteiger partial charge < -0.3 is 24.7 Å². The van der Waals surface area contributed by atoms with Crippen molar-refractivity contribution in [2.45, 2.75) is 13.5 Å². The average Bonchev–Trinajstić information content (AvgIpc) is 3.16. The summed E-state index contributed by atoms with van der Waals surface area (Å²) in [5.74, 6) is 1.99. The van der Waals surface area contributed by atoms with Crippen LogP contribution in [0.3, 0.4) is 0 Å². The highest BCUT2D eigenvalue weighted by atomic mass is 16.5. The third-order valence-electron chi connectivity index (χ3n) is 4.79. The fraction of sp³-hybridized carbons (Fsp3) is 0.174. The maximum Gasteiger partial charge on any atom is 0.221 e. The Labute approximate surface area is 179 Å². The van der Waals surface area contributed by atoms with Crippen molar-refractivity contribution in [3.8, 4) is 11.5 Å². The molecule has 0 aliphatic heterocycles. The average molecular weight is 417 g/mol. The van der Waals surface area contributed by atoms with Gasteiger partial charge in [-0.25, -0.2) is 9.97 Å². The second-order valence-corrected chi connectivity index (χ2v) is 7.00. The van der Waals surface area contributed by atoms with E-state index in [2.05, 4.69) is 25.2 Å². The van der Waals surface area contributed by atoms with Crippen molar-refractivity contribution in [2.75, 3.05) is 24.9 Å². The highest BCUT2D eigenvalue weighted by Crippen LogP contribution is 2.28. The first kappa shape index (κ1) is 20.2. The molecule has 2 heterocycles. The zero-order chi connectivity index (χ0) is 21.8. The van der Waals surface area contributed by atoms with Crippen LogP contribution in [-0.4, -0.2) is 34.7 Å². The van der Waals surface area contributed by atoms with Gasteiger partial charge >= 0.3 is 0 Å². The number of pyridine rings is 1. The van der Waals surface area contributed by atoms with Crippen molar-refractivity contribution in [2.24, 2.45) is 0 Å². The number of carbonyl (C=O) groups is 1. The zero-order valence-electron chi connectivity index (χ0n) is 17.5. The Bertz CT molecular complexity index is 1220. The van der Waals surface area contributed by atoms with Crippen molar-refractivity contribution in [3.63, 3.8) is 0 Å². The second kappa shape index (κ2) is 8.74. The number of amides is 1. The molecule has 0 saturated carbocycles. The highest BCUT2D eigenvalue weighted by molar-refractivity contribution is 5.89. The number of rotatable bonds is 7. The third-order valence-corrected chi connectivity index (χ3v) is 4.79. The van der Waals surface area contributed by atoms with Gasteiger partial charge in [0.1, 0.15) is 11.3 Å². The number of nitrogens with zero attached hydrogens (tertiary/aromatic N) is 3. The van der Waals surface area contributed by atoms with E-state index in [-0.39, 0.29) is 5.91 Å². The number of imidazole rings is 1. The fourth-order valence-corrected chi connectivity index (χ4v) is 3.32. The van der Waals surface area contributed by atoms with Gasteiger partial charge in [0.15, 0.2) is 11.5 Å². The molecule has 2 aromatic heterocycles. The SMILES string of the molecule is COc1ccc(Cn2cnc3cnc(Nc4ccc(NC(C)=O)cc4)cc32)cc1OC. The molecule has 1 amide bonds. The van der Waals surface area contributed by atoms with Crippen molar-refractivity contribution in [1.29, 1.82) is 0 Å². The minimum absolute atomic E-state index is 0.101. The van der Waals surface area contributed by atoms with Crippen LogP contribution < -0.4 is 20.1 Å². The first-order valence-electron chi connectivity index (χ1n) is 9.72. The minimum Gasteiger partial charge on any atom is -0.493 e. The van der Waals surface area contributed by atoms with E-state index in [1.165, 1.54) is 6.92 Å². The quantitative estimate of drug-likeness (QED) is 0.468. The smallest absolute Gasteiger partial charge is 0.221 e. The highest BCUT2D eigenvalue weighted by Gasteiger charge is 2.09. The van der Waals surface area contributed by atoms with Crippen molar-refractivity contribution in [1.82, 2.24) is 14.5 Å². The van der Waals surface area contributed by atoms with E-state index in [1.54, 1.807) is 26.7 Å². The van der Waals surface area contributed by atoms with Crippen molar-refractivity contribution in [3.05, 3.63) is 66.6 Å². The molecule has 0 atom stereocenters. The molecule has 2 N–H and O–H groups in total. The first-order valence-corrected chi connectivity index (χ1v) is 9.72. The lowest BCUT2D eigenvalue weighted by Gasteiger charge is -2.11. The lowest BCUT2D eigenvalue weighted by Crippen LogP contribution is -2.05. The van der Waals surface area contributed by atoms with Gasteiger partial charge in [-0.2, -0.15) is 0 Å². The summed E-state index contributed by atoms with van der Waals surface area (Å²) < 4.78 is 12.8. The number of ether oxygens (including phenoxy) is 2. The minimum atomic E-state index is -0.101. The molecule has 2 aromatic carbocycles. The molecular weight excluding hydrogens is 394 g/mol. The molecule has 0 unspecified atom stereocenters. The van der Waals surface area contributed by atoms with Crippen LogP contribution in [0.15, 0.2) is 61.1 Å². The normalized spacial score (nSPS) is 10.7. The standard InChI is InChI=1S/C23H23N5O3/c1-15(29)26-17-5-7-18(8-6-17)27-23-11-20-19(12-24-23)25-14-28(20)13-16-4-9-21(30-2)22(10-16)31-3/h4-12,14H,13H2,1-3H3,(H,24,27)(H,26,29). The van der Waals surface area contributed by atoms with Crippen molar-refractivity contribution < 1.29 is 14.3 Å². The summed E-state index contributed by atoms with van der Waals surface area (Å²) in [6, 6.07) is 15.3. The number of aromatic nitrogens is 3. The van der Waals surface area contributed by atoms with E-state index in [9.17, 15) is 4.79 Å². The molecule has 8 nitrogen and oxygen atoms in total. The molecule has 0 aliphatic carbocycles. The van der Waals surface area contributed by atoms with E-state index in [0.717, 1.165) is 28.0 Å². The van der Waals surface area contributed by atoms with E-state index in [1.807, 2.05) is 48.5 Å². The predicted octanol–water partition coefficient (Wildman–Crippen LogP) is 4.20. The Balaban J connectivity index is 1.56. The molecular formula is C23H23N5O3. The second-order valence-electron chi connectivity index (χ2n) is 7.00. The van der Waals surface area contributed by atoms with Gasteiger partial charge in [0.25, 0.3) is 0 Å². The summed E-state index contributed by atoms with van der Waals surface area (Å²) in [5, 5.41) is 6.04. The van der Waals surface area contributed by atoms with Crippen LogP contribution >= 0.6 is 0 Å². The number of nitrogens with one attached hydrogen (secondary N) is 2. The van der Waals surface area contributed by atoms with Crippen LogP contribution in [0.5, 0.6) is 11.5 Å². The molecule has 0 aliphatic rings. The van der Waals surface area contributed by atoms with Crippen LogP contribution in [0.1, 0.15) is 12.5 Å². The van der Waals surface area contributed by atoms with Crippen molar-refractivity contribution >= 4 is 34.1 Å². The molecule has 8 heteroatoms. The molecule has 0 fully saturated rings. The van der Waals surface area contributed by atoms with Gasteiger partial charge in [0, 0.05) is 30.9 Å². The molecule has 4 rings (SSSR count). The van der Waals surface area contributed by atoms with Gasteiger partial charge in [-0.1, -0.05) is 6.07 Å². The number of benzene rings is 2. The third kappa shape index (κ3) is 4.58. The summed E-state index contributed by atoms with van der Waals surface area (Å²) in [6.45, 7) is 2.11. The number of methoxy groups -OCH3 is 2. The summed E-state index contributed by atoms with van der Waals surface area (Å²) in [4.78, 5) is 20.1. The Morgan fingerprint density at radius 2 is 1.71 bits per heavy atom. The molecule has 0 bridgehead atoms. The maximum absolute atomic E-state index is 11.2. The van der Waals surface area contributed by atoms with Crippen LogP contribution in [0.2, 0.25) is 0 Å². The van der Waals surface area contributed by atoms with E-state index >= 15 is 0 Å². The lowest BCUT2D eigenvalue weighted by molar-refractivity contribution is -0.114. The van der Waals surface area contributed by atoms with E-state index in [4.69, 9.17) is 9.47 Å². The van der Waals surface area contributed by atoms with E-state index < -0.39 is 0 Å². The lowest BCUT2D eigenvalue weighted by atomic mass is 10.2. The monoisotopic (exact) mass is 417 g/mol. The first-order chi connectivity index (χ1) is 15.1. The molecule has 0 radical (unpaired) electrons. The van der Waals surface area contributed by atoms with Gasteiger partial charge in [0.05, 0.1) is 32.3 Å². The van der Waals surface area contributed by atoms with Gasteiger partial charge in [-0.3, -0.25) is 4.79 Å². The van der Waals surface area contributed by atoms with Gasteiger partial charge in [-0.05, 0) is 42.0 Å². The molecule has 0 spiro atoms. The maximum atomic E-state index is 11.2. The number of hydrogen-bond donors (Lipinski definition) is 2. The Morgan fingerprint density at radius 1 is 0.968 bits per heavy atom. The molecule has 31 heavy (non-hydrogen) atoms. The van der Waals surface area contributed by atoms with E-state index in [0.29, 0.717) is 23.9 Å². The topological polar surface area (TPSA) is 90.3 Å². The zero-order valence-corrected chi connectivity index (χ0v) is 17.5. The molecule has 4 aromatic rings. The number of hydrogen-bond acceptors (Lipinski definition) is 6. The summed E-state index contributed by atoms with van der Waals surface area (Å²) in [6.07, 6.45) is 3.55. The number of fused-ring (bicyclic) bond motifs is 1. The molecule has 158 valence electrons. The molecule has 0 saturated heterocycles. The number of anilines is 3. The van der Waals surface area contributed by atoms with Crippen LogP contribution in [0.25, 0.3) is 11.0 Å². The summed E-state index contributed by atoms with van der Waals surface area (Å²) in [7, 11) is 3.25. The predicted molar refractivity (Wildman–Crippen MR) is 120 cm³/mol. The Hall–Kier alpha value is -4.07. The largest absolute Gasteiger partial charge is 0.493 e. The number of carbonyl (C=O) groups excluding carboxylic acids is 1. The fourth-order valence-electron chi connectivity index (χ4n) is 3.32. The Kier molecular flexibility index (Phi) is 5.70. The van der Waals surface area contributed by atoms with Crippen LogP contribution in [0, 0.1) is 0 Å². The van der Waals surface area contributed by atoms with Gasteiger partial charge in [0.2, 0.25) is 5.91 Å². The summed E-state index contributed by atoms with van der Waals surface area (Å²) in [5.41, 5.74) is 4.45. The van der Waals surface area contributed by atoms with Gasteiger partial charge in [-0.15, -0.1) is 0 Å². The van der Waals surface area contributed by atoms with Crippen LogP contribution in [-0.2, 0) is 11.3 Å². The summed E-state index contributed by atoms with van der Waals surface area (Å²) >= 11 is 0. The Morgan fingerprint density at radius 3 is 2.42 bits per heavy atom.